The topological polar surface area (TPSA) is 63.8 Å². The molecule has 17 heavy (non-hydrogen) atoms. The van der Waals surface area contributed by atoms with Crippen molar-refractivity contribution in [2.45, 2.75) is 18.8 Å². The number of pyridine rings is 1. The van der Waals surface area contributed by atoms with Gasteiger partial charge in [0.15, 0.2) is 10.9 Å². The van der Waals surface area contributed by atoms with Gasteiger partial charge in [-0.15, -0.1) is 11.3 Å². The minimum Gasteiger partial charge on any atom is -0.396 e. The molecule has 0 aromatic carbocycles. The number of thiazole rings is 1. The number of rotatable bonds is 3. The number of nitrogens with two attached hydrogens (primary N) is 1. The number of hydrogen-bond acceptors (Lipinski definition) is 5. The van der Waals surface area contributed by atoms with Crippen molar-refractivity contribution in [1.82, 2.24) is 9.97 Å². The number of aromatic nitrogens is 2. The van der Waals surface area contributed by atoms with Gasteiger partial charge in [-0.05, 0) is 34.8 Å². The third-order valence-corrected chi connectivity index (χ3v) is 3.84. The van der Waals surface area contributed by atoms with Gasteiger partial charge < -0.3 is 11.1 Å². The minimum atomic E-state index is 0.613. The summed E-state index contributed by atoms with van der Waals surface area (Å²) in [6.07, 6.45) is 4.25. The van der Waals surface area contributed by atoms with Crippen LogP contribution in [0.4, 0.5) is 16.6 Å². The van der Waals surface area contributed by atoms with Crippen molar-refractivity contribution in [3.8, 4) is 0 Å². The van der Waals surface area contributed by atoms with Crippen LogP contribution >= 0.6 is 27.3 Å². The van der Waals surface area contributed by atoms with E-state index in [-0.39, 0.29) is 0 Å². The first kappa shape index (κ1) is 11.0. The highest BCUT2D eigenvalue weighted by molar-refractivity contribution is 9.10. The lowest BCUT2D eigenvalue weighted by molar-refractivity contribution is 1.05. The summed E-state index contributed by atoms with van der Waals surface area (Å²) in [5.41, 5.74) is 7.67. The Balaban J connectivity index is 1.80. The van der Waals surface area contributed by atoms with E-state index in [1.807, 2.05) is 6.07 Å². The number of nitrogen functional groups attached to an aromatic ring is 1. The molecular formula is C11H11BrN4S. The lowest BCUT2D eigenvalue weighted by atomic mass is 10.3. The summed E-state index contributed by atoms with van der Waals surface area (Å²) in [4.78, 5) is 8.76. The zero-order valence-electron chi connectivity index (χ0n) is 8.98. The van der Waals surface area contributed by atoms with E-state index >= 15 is 0 Å². The van der Waals surface area contributed by atoms with Crippen molar-refractivity contribution in [2.24, 2.45) is 0 Å². The maximum atomic E-state index is 5.87. The summed E-state index contributed by atoms with van der Waals surface area (Å²) >= 11 is 4.93. The molecule has 0 saturated heterocycles. The van der Waals surface area contributed by atoms with Crippen LogP contribution in [0, 0.1) is 0 Å². The molecule has 1 saturated carbocycles. The zero-order valence-corrected chi connectivity index (χ0v) is 11.4. The fraction of sp³-hybridized carbons (Fsp3) is 0.273. The number of nitrogens with zero attached hydrogens (tertiary/aromatic N) is 2. The predicted molar refractivity (Wildman–Crippen MR) is 73.7 cm³/mol. The summed E-state index contributed by atoms with van der Waals surface area (Å²) in [5.74, 6) is 1.34. The highest BCUT2D eigenvalue weighted by Gasteiger charge is 2.26. The first-order valence-corrected chi connectivity index (χ1v) is 7.03. The van der Waals surface area contributed by atoms with E-state index in [1.54, 1.807) is 17.5 Å². The van der Waals surface area contributed by atoms with Crippen molar-refractivity contribution in [3.05, 3.63) is 27.8 Å². The van der Waals surface area contributed by atoms with Crippen LogP contribution in [0.5, 0.6) is 0 Å². The van der Waals surface area contributed by atoms with E-state index in [0.29, 0.717) is 17.4 Å². The molecule has 0 amide bonds. The Morgan fingerprint density at radius 3 is 3.00 bits per heavy atom. The van der Waals surface area contributed by atoms with Gasteiger partial charge in [0.05, 0.1) is 11.4 Å². The zero-order chi connectivity index (χ0) is 11.8. The smallest absolute Gasteiger partial charge is 0.188 e. The van der Waals surface area contributed by atoms with Crippen molar-refractivity contribution in [2.75, 3.05) is 11.1 Å². The van der Waals surface area contributed by atoms with E-state index in [9.17, 15) is 0 Å². The van der Waals surface area contributed by atoms with Gasteiger partial charge in [0, 0.05) is 22.0 Å². The molecule has 0 radical (unpaired) electrons. The second-order valence-electron chi connectivity index (χ2n) is 4.07. The Morgan fingerprint density at radius 2 is 2.29 bits per heavy atom. The fourth-order valence-electron chi connectivity index (χ4n) is 1.57. The maximum absolute atomic E-state index is 5.87. The number of halogens is 1. The molecule has 88 valence electrons. The molecule has 2 aromatic rings. The molecule has 1 aliphatic rings. The van der Waals surface area contributed by atoms with Crippen LogP contribution < -0.4 is 11.1 Å². The standard InChI is InChI=1S/C11H11BrN4S/c12-7-3-8(13)10(14-4-7)16-11-15-9(5-17-11)6-1-2-6/h3-6H,1-2,13H2,(H,14,15,16). The van der Waals surface area contributed by atoms with Crippen LogP contribution in [0.3, 0.4) is 0 Å². The third kappa shape index (κ3) is 2.42. The Hall–Kier alpha value is -1.14. The first-order valence-electron chi connectivity index (χ1n) is 5.36. The van der Waals surface area contributed by atoms with Crippen molar-refractivity contribution in [1.29, 1.82) is 0 Å². The lowest BCUT2D eigenvalue weighted by Crippen LogP contribution is -1.98. The van der Waals surface area contributed by atoms with E-state index in [0.717, 1.165) is 9.60 Å². The maximum Gasteiger partial charge on any atom is 0.188 e. The van der Waals surface area contributed by atoms with Crippen LogP contribution in [0.25, 0.3) is 0 Å². The summed E-state index contributed by atoms with van der Waals surface area (Å²) in [6.45, 7) is 0. The average molecular weight is 311 g/mol. The van der Waals surface area contributed by atoms with Gasteiger partial charge in [-0.25, -0.2) is 9.97 Å². The van der Waals surface area contributed by atoms with Crippen molar-refractivity contribution < 1.29 is 0 Å². The molecule has 0 unspecified atom stereocenters. The number of hydrogen-bond donors (Lipinski definition) is 2. The van der Waals surface area contributed by atoms with E-state index in [2.05, 4.69) is 36.6 Å². The molecule has 1 fully saturated rings. The Bertz CT molecular complexity index is 550. The van der Waals surface area contributed by atoms with Gasteiger partial charge in [-0.1, -0.05) is 0 Å². The number of anilines is 3. The van der Waals surface area contributed by atoms with Crippen LogP contribution in [0.1, 0.15) is 24.5 Å². The highest BCUT2D eigenvalue weighted by Crippen LogP contribution is 2.41. The molecule has 3 N–H and O–H groups in total. The second kappa shape index (κ2) is 4.27. The quantitative estimate of drug-likeness (QED) is 0.910. The molecule has 0 atom stereocenters. The van der Waals surface area contributed by atoms with Crippen LogP contribution in [0.2, 0.25) is 0 Å². The van der Waals surface area contributed by atoms with Crippen molar-refractivity contribution >= 4 is 43.9 Å². The monoisotopic (exact) mass is 310 g/mol. The normalized spacial score (nSPS) is 14.9. The predicted octanol–water partition coefficient (Wildman–Crippen LogP) is 3.50. The summed E-state index contributed by atoms with van der Waals surface area (Å²) < 4.78 is 0.873. The van der Waals surface area contributed by atoms with E-state index in [4.69, 9.17) is 5.73 Å². The lowest BCUT2D eigenvalue weighted by Gasteiger charge is -2.05. The molecule has 2 heterocycles. The van der Waals surface area contributed by atoms with E-state index in [1.165, 1.54) is 18.5 Å². The fourth-order valence-corrected chi connectivity index (χ4v) is 2.71. The molecule has 3 rings (SSSR count). The SMILES string of the molecule is Nc1cc(Br)cnc1Nc1nc(C2CC2)cs1. The minimum absolute atomic E-state index is 0.613. The summed E-state index contributed by atoms with van der Waals surface area (Å²) in [5, 5.41) is 6.11. The molecule has 0 spiro atoms. The summed E-state index contributed by atoms with van der Waals surface area (Å²) in [6, 6.07) is 1.82. The molecule has 2 aromatic heterocycles. The molecule has 0 bridgehead atoms. The number of nitrogens with one attached hydrogen (secondary N) is 1. The molecule has 1 aliphatic carbocycles. The Kier molecular flexibility index (Phi) is 2.76. The van der Waals surface area contributed by atoms with Crippen LogP contribution in [-0.2, 0) is 0 Å². The van der Waals surface area contributed by atoms with Gasteiger partial charge in [0.25, 0.3) is 0 Å². The molecule has 6 heteroatoms. The first-order chi connectivity index (χ1) is 8.22. The van der Waals surface area contributed by atoms with Crippen LogP contribution in [0.15, 0.2) is 22.1 Å². The molecule has 0 aliphatic heterocycles. The van der Waals surface area contributed by atoms with Gasteiger partial charge in [0.1, 0.15) is 0 Å². The van der Waals surface area contributed by atoms with E-state index < -0.39 is 0 Å². The highest BCUT2D eigenvalue weighted by atomic mass is 79.9. The Labute approximate surface area is 111 Å². The molecule has 4 nitrogen and oxygen atoms in total. The second-order valence-corrected chi connectivity index (χ2v) is 5.84. The van der Waals surface area contributed by atoms with Gasteiger partial charge in [-0.2, -0.15) is 0 Å². The summed E-state index contributed by atoms with van der Waals surface area (Å²) in [7, 11) is 0. The van der Waals surface area contributed by atoms with Gasteiger partial charge >= 0.3 is 0 Å². The Morgan fingerprint density at radius 1 is 1.47 bits per heavy atom. The van der Waals surface area contributed by atoms with Gasteiger partial charge in [-0.3, -0.25) is 0 Å². The molecular weight excluding hydrogens is 300 g/mol. The van der Waals surface area contributed by atoms with Crippen molar-refractivity contribution in [3.63, 3.8) is 0 Å². The van der Waals surface area contributed by atoms with Crippen LogP contribution in [-0.4, -0.2) is 9.97 Å². The largest absolute Gasteiger partial charge is 0.396 e. The van der Waals surface area contributed by atoms with Gasteiger partial charge in [0.2, 0.25) is 0 Å². The third-order valence-electron chi connectivity index (χ3n) is 2.63. The average Bonchev–Trinajstić information content (AvgIpc) is 3.04.